The number of likely N-dealkylation sites (N-methyl/N-ethyl adjacent to an activating group) is 1. The molecule has 0 spiro atoms. The molecule has 78 heavy (non-hydrogen) atoms. The van der Waals surface area contributed by atoms with E-state index in [-0.39, 0.29) is 12.5 Å². The van der Waals surface area contributed by atoms with Gasteiger partial charge in [-0.2, -0.15) is 0 Å². The first-order chi connectivity index (χ1) is 38.0. The van der Waals surface area contributed by atoms with Crippen LogP contribution in [0.5, 0.6) is 0 Å². The van der Waals surface area contributed by atoms with Gasteiger partial charge in [0.05, 0.1) is 39.9 Å². The Morgan fingerprint density at radius 3 is 1.19 bits per heavy atom. The van der Waals surface area contributed by atoms with Gasteiger partial charge in [0.15, 0.2) is 0 Å². The lowest BCUT2D eigenvalue weighted by molar-refractivity contribution is -0.870. The Labute approximate surface area is 479 Å². The van der Waals surface area contributed by atoms with Gasteiger partial charge in [-0.1, -0.05) is 242 Å². The number of phosphoric ester groups is 1. The molecule has 0 radical (unpaired) electrons. The quantitative estimate of drug-likeness (QED) is 0.0272. The van der Waals surface area contributed by atoms with Gasteiger partial charge in [-0.3, -0.25) is 9.36 Å². The standard InChI is InChI=1S/C69H113N2O6P/c1-6-8-10-12-14-16-18-20-22-23-24-25-26-27-28-29-30-31-32-33-34-35-36-37-38-39-40-41-42-43-44-45-46-47-49-51-53-55-57-59-61-63-69(73)70-67(66-77-78(74,75)76-65-64-71(3,4)5)68(72)62-60-58-56-54-52-50-48-21-19-17-15-13-11-9-7-2/h8,10,14,16,19-22,24-25,27-28,30-31,33-34,36-37,39-40,42-43,45-46,52,54,60,62,67-68,72H,6-7,9,11-13,15,17-18,23,26,29,32,35,38,41,44,47-51,53,55-59,61,63-66H2,1-5H3,(H-,70,73,74,75)/b10-8-,16-14-,21-19+,22-20-,25-24-,28-27-,31-30-,34-33-,37-36-,40-39-,43-42-,46-45-,54-52+,62-60+. The van der Waals surface area contributed by atoms with Gasteiger partial charge in [0, 0.05) is 6.42 Å². The lowest BCUT2D eigenvalue weighted by Gasteiger charge is -2.29. The summed E-state index contributed by atoms with van der Waals surface area (Å²) in [6.07, 6.45) is 91.6. The fraction of sp³-hybridized carbons (Fsp3) is 0.580. The van der Waals surface area contributed by atoms with Crippen LogP contribution in [0.2, 0.25) is 0 Å². The third-order valence-electron chi connectivity index (χ3n) is 12.4. The summed E-state index contributed by atoms with van der Waals surface area (Å²) in [5.41, 5.74) is 0. The third kappa shape index (κ3) is 59.5. The first-order valence-corrected chi connectivity index (χ1v) is 32.0. The zero-order valence-electron chi connectivity index (χ0n) is 50.0. The van der Waals surface area contributed by atoms with Crippen molar-refractivity contribution in [3.05, 3.63) is 170 Å². The summed E-state index contributed by atoms with van der Waals surface area (Å²) in [6, 6.07) is -0.928. The van der Waals surface area contributed by atoms with Crippen molar-refractivity contribution in [1.29, 1.82) is 0 Å². The van der Waals surface area contributed by atoms with E-state index in [1.54, 1.807) is 6.08 Å². The number of phosphoric acid groups is 1. The number of allylic oxidation sites excluding steroid dienone is 27. The first-order valence-electron chi connectivity index (χ1n) is 30.5. The van der Waals surface area contributed by atoms with Gasteiger partial charge in [-0.05, 0) is 128 Å². The molecule has 0 aromatic carbocycles. The molecule has 0 aliphatic heterocycles. The van der Waals surface area contributed by atoms with Crippen LogP contribution in [0, 0.1) is 0 Å². The Morgan fingerprint density at radius 2 is 0.795 bits per heavy atom. The largest absolute Gasteiger partial charge is 0.756 e. The van der Waals surface area contributed by atoms with E-state index in [0.717, 1.165) is 135 Å². The van der Waals surface area contributed by atoms with E-state index in [0.29, 0.717) is 17.4 Å². The minimum atomic E-state index is -4.62. The van der Waals surface area contributed by atoms with Crippen LogP contribution >= 0.6 is 7.82 Å². The molecule has 0 saturated carbocycles. The number of quaternary nitrogens is 1. The van der Waals surface area contributed by atoms with E-state index in [4.69, 9.17) is 9.05 Å². The molecule has 0 aliphatic rings. The van der Waals surface area contributed by atoms with Crippen LogP contribution < -0.4 is 10.2 Å². The molecule has 0 aliphatic carbocycles. The number of nitrogens with zero attached hydrogens (tertiary/aromatic N) is 1. The zero-order valence-corrected chi connectivity index (χ0v) is 50.9. The highest BCUT2D eigenvalue weighted by atomic mass is 31.2. The Balaban J connectivity index is 4.19. The van der Waals surface area contributed by atoms with Crippen molar-refractivity contribution in [2.45, 2.75) is 219 Å². The molecule has 3 unspecified atom stereocenters. The van der Waals surface area contributed by atoms with Gasteiger partial charge in [0.2, 0.25) is 5.91 Å². The summed E-state index contributed by atoms with van der Waals surface area (Å²) in [5.74, 6) is -0.231. The summed E-state index contributed by atoms with van der Waals surface area (Å²) < 4.78 is 23.3. The molecule has 3 atom stereocenters. The Morgan fingerprint density at radius 1 is 0.462 bits per heavy atom. The molecule has 0 heterocycles. The van der Waals surface area contributed by atoms with Crippen LogP contribution in [-0.4, -0.2) is 68.5 Å². The molecular weight excluding hydrogens is 984 g/mol. The van der Waals surface area contributed by atoms with Crippen LogP contribution in [0.3, 0.4) is 0 Å². The van der Waals surface area contributed by atoms with E-state index in [1.807, 2.05) is 27.2 Å². The number of amides is 1. The molecule has 8 nitrogen and oxygen atoms in total. The van der Waals surface area contributed by atoms with Crippen molar-refractivity contribution in [3.63, 3.8) is 0 Å². The zero-order chi connectivity index (χ0) is 57.0. The van der Waals surface area contributed by atoms with Crippen LogP contribution in [0.15, 0.2) is 170 Å². The summed E-state index contributed by atoms with van der Waals surface area (Å²) in [5, 5.41) is 13.8. The number of hydrogen-bond acceptors (Lipinski definition) is 6. The Hall–Kier alpha value is -4.14. The number of rotatable bonds is 53. The second kappa shape index (κ2) is 57.5. The van der Waals surface area contributed by atoms with E-state index in [2.05, 4.69) is 177 Å². The molecular formula is C69H113N2O6P. The Bertz CT molecular complexity index is 1870. The van der Waals surface area contributed by atoms with Gasteiger partial charge >= 0.3 is 0 Å². The van der Waals surface area contributed by atoms with E-state index in [9.17, 15) is 19.4 Å². The third-order valence-corrected chi connectivity index (χ3v) is 13.4. The topological polar surface area (TPSA) is 108 Å². The summed E-state index contributed by atoms with van der Waals surface area (Å²) in [7, 11) is 1.20. The molecule has 0 rings (SSSR count). The maximum Gasteiger partial charge on any atom is 0.268 e. The fourth-order valence-electron chi connectivity index (χ4n) is 7.66. The normalized spacial score (nSPS) is 15.0. The van der Waals surface area contributed by atoms with Gasteiger partial charge in [-0.15, -0.1) is 0 Å². The first kappa shape index (κ1) is 73.9. The van der Waals surface area contributed by atoms with Gasteiger partial charge in [0.1, 0.15) is 13.2 Å². The van der Waals surface area contributed by atoms with Gasteiger partial charge in [-0.25, -0.2) is 0 Å². The summed E-state index contributed by atoms with van der Waals surface area (Å²) >= 11 is 0. The highest BCUT2D eigenvalue weighted by molar-refractivity contribution is 7.45. The molecule has 0 aromatic heterocycles. The van der Waals surface area contributed by atoms with Crippen molar-refractivity contribution in [2.75, 3.05) is 40.9 Å². The second-order valence-corrected chi connectivity index (χ2v) is 22.4. The monoisotopic (exact) mass is 1100 g/mol. The highest BCUT2D eigenvalue weighted by Gasteiger charge is 2.23. The number of aliphatic hydroxyl groups excluding tert-OH is 1. The Kier molecular flexibility index (Phi) is 54.5. The molecule has 440 valence electrons. The molecule has 0 fully saturated rings. The number of carbonyl (C=O) groups excluding carboxylic acids is 1. The molecule has 0 saturated heterocycles. The minimum absolute atomic E-state index is 0.0204. The molecule has 0 aromatic rings. The molecule has 1 amide bonds. The van der Waals surface area contributed by atoms with Crippen LogP contribution in [0.4, 0.5) is 0 Å². The van der Waals surface area contributed by atoms with E-state index < -0.39 is 26.6 Å². The maximum absolute atomic E-state index is 13.0. The van der Waals surface area contributed by atoms with Crippen LogP contribution in [-0.2, 0) is 18.4 Å². The number of nitrogens with one attached hydrogen (secondary N) is 1. The SMILES string of the molecule is CC/C=C\C/C=C\C/C=C\C/C=C\C/C=C\C/C=C\C/C=C\C/C=C\C/C=C\C/C=C\C/C=C\CCCCCCCCCC(=O)NC(COP(=O)([O-])OCC[N+](C)(C)C)C(O)/C=C/CC/C=C/CC/C=C/CCCCCCC. The molecule has 0 bridgehead atoms. The second-order valence-electron chi connectivity index (χ2n) is 20.9. The van der Waals surface area contributed by atoms with E-state index >= 15 is 0 Å². The summed E-state index contributed by atoms with van der Waals surface area (Å²) in [4.78, 5) is 25.5. The maximum atomic E-state index is 13.0. The average molecular weight is 1100 g/mol. The highest BCUT2D eigenvalue weighted by Crippen LogP contribution is 2.38. The average Bonchev–Trinajstić information content (AvgIpc) is 3.41. The van der Waals surface area contributed by atoms with Crippen molar-refractivity contribution in [1.82, 2.24) is 5.32 Å². The van der Waals surface area contributed by atoms with E-state index in [1.165, 1.54) is 51.4 Å². The predicted molar refractivity (Wildman–Crippen MR) is 338 cm³/mol. The van der Waals surface area contributed by atoms with Crippen molar-refractivity contribution in [2.24, 2.45) is 0 Å². The smallest absolute Gasteiger partial charge is 0.268 e. The van der Waals surface area contributed by atoms with Crippen LogP contribution in [0.1, 0.15) is 206 Å². The fourth-order valence-corrected chi connectivity index (χ4v) is 8.38. The predicted octanol–water partition coefficient (Wildman–Crippen LogP) is 18.6. The lowest BCUT2D eigenvalue weighted by atomic mass is 10.1. The number of carbonyl (C=O) groups is 1. The molecule has 2 N–H and O–H groups in total. The molecule has 9 heteroatoms. The van der Waals surface area contributed by atoms with Crippen LogP contribution in [0.25, 0.3) is 0 Å². The lowest BCUT2D eigenvalue weighted by Crippen LogP contribution is -2.45. The van der Waals surface area contributed by atoms with Crippen molar-refractivity contribution < 1.29 is 32.9 Å². The van der Waals surface area contributed by atoms with Crippen molar-refractivity contribution in [3.8, 4) is 0 Å². The van der Waals surface area contributed by atoms with Gasteiger partial charge < -0.3 is 28.8 Å². The van der Waals surface area contributed by atoms with Gasteiger partial charge in [0.25, 0.3) is 7.82 Å². The van der Waals surface area contributed by atoms with Crippen molar-refractivity contribution >= 4 is 13.7 Å². The summed E-state index contributed by atoms with van der Waals surface area (Å²) in [6.45, 7) is 4.45. The number of aliphatic hydroxyl groups is 1. The minimum Gasteiger partial charge on any atom is -0.756 e. The number of hydrogen-bond donors (Lipinski definition) is 2. The number of unbranched alkanes of at least 4 members (excludes halogenated alkanes) is 14.